The normalized spacial score (nSPS) is 11.4. The van der Waals surface area contributed by atoms with E-state index in [-0.39, 0.29) is 16.0 Å². The molecular weight excluding hydrogens is 298 g/mol. The predicted molar refractivity (Wildman–Crippen MR) is 74.1 cm³/mol. The van der Waals surface area contributed by atoms with Crippen molar-refractivity contribution >= 4 is 15.6 Å². The average molecular weight is 310 g/mol. The highest BCUT2D eigenvalue weighted by Crippen LogP contribution is 2.20. The minimum absolute atomic E-state index is 0.0379. The molecule has 0 saturated carbocycles. The van der Waals surface area contributed by atoms with Gasteiger partial charge in [0.1, 0.15) is 0 Å². The maximum Gasteiger partial charge on any atom is 0.193 e. The van der Waals surface area contributed by atoms with Crippen molar-refractivity contribution in [3.05, 3.63) is 64.7 Å². The van der Waals surface area contributed by atoms with E-state index in [0.717, 1.165) is 24.5 Å². The zero-order chi connectivity index (χ0) is 15.8. The summed E-state index contributed by atoms with van der Waals surface area (Å²) in [5.74, 6) is -2.75. The zero-order valence-corrected chi connectivity index (χ0v) is 12.2. The molecule has 0 N–H and O–H groups in total. The summed E-state index contributed by atoms with van der Waals surface area (Å²) in [6.07, 6.45) is 1.04. The van der Waals surface area contributed by atoms with Crippen molar-refractivity contribution in [1.29, 1.82) is 0 Å². The van der Waals surface area contributed by atoms with Crippen LogP contribution in [0.15, 0.2) is 41.3 Å². The molecule has 0 radical (unpaired) electrons. The minimum Gasteiger partial charge on any atom is -0.289 e. The molecule has 2 rings (SSSR count). The van der Waals surface area contributed by atoms with E-state index < -0.39 is 27.3 Å². The van der Waals surface area contributed by atoms with Crippen molar-refractivity contribution < 1.29 is 22.0 Å². The summed E-state index contributed by atoms with van der Waals surface area (Å²) in [6.45, 7) is 1.61. The third kappa shape index (κ3) is 3.16. The number of hydrogen-bond acceptors (Lipinski definition) is 3. The lowest BCUT2D eigenvalue weighted by Crippen LogP contribution is -2.06. The molecule has 3 nitrogen and oxygen atoms in total. The highest BCUT2D eigenvalue weighted by atomic mass is 32.2. The Bertz CT molecular complexity index is 827. The molecule has 2 aromatic carbocycles. The van der Waals surface area contributed by atoms with Crippen molar-refractivity contribution in [2.24, 2.45) is 0 Å². The van der Waals surface area contributed by atoms with Crippen LogP contribution in [-0.4, -0.2) is 20.5 Å². The van der Waals surface area contributed by atoms with Crippen LogP contribution in [0.5, 0.6) is 0 Å². The van der Waals surface area contributed by atoms with E-state index in [2.05, 4.69) is 0 Å². The SMILES string of the molecule is Cc1ccc(C(=O)c2ccc(F)c(F)c2)cc1S(C)(=O)=O. The monoisotopic (exact) mass is 310 g/mol. The van der Waals surface area contributed by atoms with Crippen molar-refractivity contribution in [3.8, 4) is 0 Å². The Hall–Kier alpha value is -2.08. The summed E-state index contributed by atoms with van der Waals surface area (Å²) in [5.41, 5.74) is 0.573. The Labute approximate surface area is 121 Å². The largest absolute Gasteiger partial charge is 0.289 e. The molecule has 0 bridgehead atoms. The van der Waals surface area contributed by atoms with Crippen molar-refractivity contribution in [2.75, 3.05) is 6.26 Å². The van der Waals surface area contributed by atoms with E-state index in [9.17, 15) is 22.0 Å². The van der Waals surface area contributed by atoms with Crippen LogP contribution in [0.25, 0.3) is 0 Å². The van der Waals surface area contributed by atoms with Gasteiger partial charge in [-0.05, 0) is 36.8 Å². The second kappa shape index (κ2) is 5.37. The molecular formula is C15H12F2O3S. The Morgan fingerprint density at radius 2 is 1.52 bits per heavy atom. The third-order valence-corrected chi connectivity index (χ3v) is 4.27. The van der Waals surface area contributed by atoms with Crippen molar-refractivity contribution in [1.82, 2.24) is 0 Å². The van der Waals surface area contributed by atoms with Gasteiger partial charge >= 0.3 is 0 Å². The fraction of sp³-hybridized carbons (Fsp3) is 0.133. The van der Waals surface area contributed by atoms with E-state index in [1.54, 1.807) is 6.92 Å². The van der Waals surface area contributed by atoms with Crippen LogP contribution in [0.3, 0.4) is 0 Å². The first kappa shape index (κ1) is 15.3. The van der Waals surface area contributed by atoms with Gasteiger partial charge in [0, 0.05) is 17.4 Å². The summed E-state index contributed by atoms with van der Waals surface area (Å²) < 4.78 is 49.3. The van der Waals surface area contributed by atoms with E-state index in [1.165, 1.54) is 18.2 Å². The number of halogens is 2. The lowest BCUT2D eigenvalue weighted by molar-refractivity contribution is 0.103. The van der Waals surface area contributed by atoms with Gasteiger partial charge in [-0.3, -0.25) is 4.79 Å². The molecule has 0 aromatic heterocycles. The smallest absolute Gasteiger partial charge is 0.193 e. The van der Waals surface area contributed by atoms with Gasteiger partial charge in [0.05, 0.1) is 4.90 Å². The first-order chi connectivity index (χ1) is 9.70. The molecule has 0 heterocycles. The minimum atomic E-state index is -3.47. The van der Waals surface area contributed by atoms with E-state index in [0.29, 0.717) is 5.56 Å². The number of aryl methyl sites for hydroxylation is 1. The van der Waals surface area contributed by atoms with Crippen molar-refractivity contribution in [3.63, 3.8) is 0 Å². The predicted octanol–water partition coefficient (Wildman–Crippen LogP) is 2.91. The van der Waals surface area contributed by atoms with Gasteiger partial charge in [0.15, 0.2) is 27.3 Å². The van der Waals surface area contributed by atoms with Crippen LogP contribution in [-0.2, 0) is 9.84 Å². The topological polar surface area (TPSA) is 51.2 Å². The summed E-state index contributed by atoms with van der Waals surface area (Å²) in [7, 11) is -3.47. The Balaban J connectivity index is 2.51. The second-order valence-electron chi connectivity index (χ2n) is 4.71. The first-order valence-electron chi connectivity index (χ1n) is 6.00. The number of sulfone groups is 1. The number of ketones is 1. The van der Waals surface area contributed by atoms with Gasteiger partial charge in [-0.1, -0.05) is 12.1 Å². The lowest BCUT2D eigenvalue weighted by Gasteiger charge is -2.07. The average Bonchev–Trinajstić information content (AvgIpc) is 2.40. The number of benzene rings is 2. The van der Waals surface area contributed by atoms with Crippen LogP contribution < -0.4 is 0 Å². The third-order valence-electron chi connectivity index (χ3n) is 3.03. The molecule has 0 aliphatic carbocycles. The van der Waals surface area contributed by atoms with E-state index in [1.807, 2.05) is 0 Å². The van der Waals surface area contributed by atoms with Gasteiger partial charge in [0.25, 0.3) is 0 Å². The fourth-order valence-corrected chi connectivity index (χ4v) is 2.94. The Kier molecular flexibility index (Phi) is 3.91. The number of carbonyl (C=O) groups excluding carboxylic acids is 1. The maximum absolute atomic E-state index is 13.2. The standard InChI is InChI=1S/C15H12F2O3S/c1-9-3-4-11(8-14(9)21(2,19)20)15(18)10-5-6-12(16)13(17)7-10/h3-8H,1-2H3. The fourth-order valence-electron chi connectivity index (χ4n) is 1.94. The van der Waals surface area contributed by atoms with Crippen LogP contribution in [0.1, 0.15) is 21.5 Å². The molecule has 0 amide bonds. The molecule has 0 aliphatic heterocycles. The zero-order valence-electron chi connectivity index (χ0n) is 11.4. The van der Waals surface area contributed by atoms with Crippen LogP contribution >= 0.6 is 0 Å². The van der Waals surface area contributed by atoms with Crippen LogP contribution in [0, 0.1) is 18.6 Å². The summed E-state index contributed by atoms with van der Waals surface area (Å²) in [4.78, 5) is 12.3. The maximum atomic E-state index is 13.2. The summed E-state index contributed by atoms with van der Waals surface area (Å²) >= 11 is 0. The lowest BCUT2D eigenvalue weighted by atomic mass is 10.0. The Morgan fingerprint density at radius 3 is 2.10 bits per heavy atom. The molecule has 110 valence electrons. The highest BCUT2D eigenvalue weighted by molar-refractivity contribution is 7.90. The Morgan fingerprint density at radius 1 is 0.952 bits per heavy atom. The molecule has 0 unspecified atom stereocenters. The molecule has 2 aromatic rings. The molecule has 0 spiro atoms. The number of hydrogen-bond donors (Lipinski definition) is 0. The molecule has 6 heteroatoms. The van der Waals surface area contributed by atoms with Crippen LogP contribution in [0.4, 0.5) is 8.78 Å². The molecule has 0 fully saturated rings. The number of rotatable bonds is 3. The van der Waals surface area contributed by atoms with Gasteiger partial charge in [0.2, 0.25) is 0 Å². The quantitative estimate of drug-likeness (QED) is 0.819. The van der Waals surface area contributed by atoms with E-state index in [4.69, 9.17) is 0 Å². The van der Waals surface area contributed by atoms with E-state index >= 15 is 0 Å². The van der Waals surface area contributed by atoms with Gasteiger partial charge in [-0.2, -0.15) is 0 Å². The molecule has 0 aliphatic rings. The molecule has 0 atom stereocenters. The van der Waals surface area contributed by atoms with Crippen LogP contribution in [0.2, 0.25) is 0 Å². The molecule has 0 saturated heterocycles. The highest BCUT2D eigenvalue weighted by Gasteiger charge is 2.17. The summed E-state index contributed by atoms with van der Waals surface area (Å²) in [6, 6.07) is 7.00. The van der Waals surface area contributed by atoms with Crippen molar-refractivity contribution in [2.45, 2.75) is 11.8 Å². The van der Waals surface area contributed by atoms with Gasteiger partial charge in [-0.15, -0.1) is 0 Å². The molecule has 21 heavy (non-hydrogen) atoms. The summed E-state index contributed by atoms with van der Waals surface area (Å²) in [5, 5.41) is 0. The second-order valence-corrected chi connectivity index (χ2v) is 6.69. The van der Waals surface area contributed by atoms with Gasteiger partial charge in [-0.25, -0.2) is 17.2 Å². The first-order valence-corrected chi connectivity index (χ1v) is 7.90. The number of carbonyl (C=O) groups is 1. The van der Waals surface area contributed by atoms with Gasteiger partial charge < -0.3 is 0 Å².